The summed E-state index contributed by atoms with van der Waals surface area (Å²) in [5.41, 5.74) is -0.272. The molecule has 0 atom stereocenters. The van der Waals surface area contributed by atoms with E-state index in [4.69, 9.17) is 9.47 Å². The Kier molecular flexibility index (Phi) is 4.81. The van der Waals surface area contributed by atoms with Crippen molar-refractivity contribution in [1.29, 1.82) is 0 Å². The fraction of sp³-hybridized carbons (Fsp3) is 0.750. The summed E-state index contributed by atoms with van der Waals surface area (Å²) in [4.78, 5) is 0. The van der Waals surface area contributed by atoms with Crippen molar-refractivity contribution in [2.75, 3.05) is 20.3 Å². The second-order valence-corrected chi connectivity index (χ2v) is 4.85. The van der Waals surface area contributed by atoms with Gasteiger partial charge in [0, 0.05) is 12.0 Å². The number of methoxy groups -OCH3 is 1. The third-order valence-corrected chi connectivity index (χ3v) is 2.44. The van der Waals surface area contributed by atoms with Crippen LogP contribution < -0.4 is 9.47 Å². The molecule has 0 saturated heterocycles. The van der Waals surface area contributed by atoms with Crippen molar-refractivity contribution >= 4 is 0 Å². The lowest BCUT2D eigenvalue weighted by atomic mass is 9.97. The summed E-state index contributed by atoms with van der Waals surface area (Å²) in [7, 11) is 1.59. The van der Waals surface area contributed by atoms with Gasteiger partial charge in [0.1, 0.15) is 0 Å². The zero-order chi connectivity index (χ0) is 12.9. The molecule has 0 amide bonds. The van der Waals surface area contributed by atoms with Crippen LogP contribution in [-0.2, 0) is 6.54 Å². The van der Waals surface area contributed by atoms with Crippen molar-refractivity contribution in [3.8, 4) is 11.6 Å². The number of ether oxygens (including phenoxy) is 2. The topological polar surface area (TPSA) is 56.5 Å². The Labute approximate surface area is 102 Å². The Morgan fingerprint density at radius 1 is 1.47 bits per heavy atom. The predicted molar refractivity (Wildman–Crippen MR) is 65.4 cm³/mol. The Hall–Kier alpha value is -1.23. The van der Waals surface area contributed by atoms with E-state index in [1.807, 2.05) is 13.8 Å². The molecule has 5 heteroatoms. The molecule has 1 N–H and O–H groups in total. The molecule has 0 radical (unpaired) electrons. The minimum atomic E-state index is -0.272. The van der Waals surface area contributed by atoms with Gasteiger partial charge in [0.05, 0.1) is 26.5 Å². The van der Waals surface area contributed by atoms with Crippen LogP contribution in [0.25, 0.3) is 0 Å². The number of hydrogen-bond donors (Lipinski definition) is 1. The number of hydrogen-bond acceptors (Lipinski definition) is 4. The predicted octanol–water partition coefficient (Wildman–Crippen LogP) is 1.70. The molecular weight excluding hydrogens is 220 g/mol. The molecule has 5 nitrogen and oxygen atoms in total. The maximum absolute atomic E-state index is 9.19. The summed E-state index contributed by atoms with van der Waals surface area (Å²) in [5, 5.41) is 13.4. The average molecular weight is 242 g/mol. The van der Waals surface area contributed by atoms with Crippen molar-refractivity contribution < 1.29 is 14.6 Å². The monoisotopic (exact) mass is 242 g/mol. The zero-order valence-electron chi connectivity index (χ0n) is 11.1. The third-order valence-electron chi connectivity index (χ3n) is 2.44. The standard InChI is InChI=1S/C12H22N2O3/c1-5-6-14-11(10(16-4)7-13-14)17-9-12(2,3)8-15/h7,15H,5-6,8-9H2,1-4H3. The van der Waals surface area contributed by atoms with Crippen molar-refractivity contribution in [2.45, 2.75) is 33.7 Å². The van der Waals surface area contributed by atoms with Crippen LogP contribution in [0.2, 0.25) is 0 Å². The van der Waals surface area contributed by atoms with Gasteiger partial charge in [-0.25, -0.2) is 4.68 Å². The van der Waals surface area contributed by atoms with Gasteiger partial charge in [-0.05, 0) is 6.42 Å². The highest BCUT2D eigenvalue weighted by atomic mass is 16.5. The van der Waals surface area contributed by atoms with Gasteiger partial charge < -0.3 is 14.6 Å². The van der Waals surface area contributed by atoms with E-state index >= 15 is 0 Å². The van der Waals surface area contributed by atoms with E-state index in [9.17, 15) is 5.11 Å². The largest absolute Gasteiger partial charge is 0.490 e. The number of aryl methyl sites for hydroxylation is 1. The third kappa shape index (κ3) is 3.63. The lowest BCUT2D eigenvalue weighted by Gasteiger charge is -2.22. The summed E-state index contributed by atoms with van der Waals surface area (Å²) in [6, 6.07) is 0. The molecule has 98 valence electrons. The normalized spacial score (nSPS) is 11.6. The molecule has 0 unspecified atom stereocenters. The van der Waals surface area contributed by atoms with Gasteiger partial charge in [-0.1, -0.05) is 20.8 Å². The fourth-order valence-corrected chi connectivity index (χ4v) is 1.32. The van der Waals surface area contributed by atoms with Crippen LogP contribution in [0, 0.1) is 5.41 Å². The molecule has 0 spiro atoms. The molecule has 0 saturated carbocycles. The number of aliphatic hydroxyl groups is 1. The molecule has 17 heavy (non-hydrogen) atoms. The van der Waals surface area contributed by atoms with Gasteiger partial charge in [0.25, 0.3) is 5.88 Å². The van der Waals surface area contributed by atoms with Gasteiger partial charge in [-0.2, -0.15) is 5.10 Å². The smallest absolute Gasteiger partial charge is 0.255 e. The molecule has 1 aromatic rings. The quantitative estimate of drug-likeness (QED) is 0.790. The molecule has 0 aromatic carbocycles. The van der Waals surface area contributed by atoms with Crippen molar-refractivity contribution in [3.63, 3.8) is 0 Å². The van der Waals surface area contributed by atoms with Crippen LogP contribution in [0.3, 0.4) is 0 Å². The minimum absolute atomic E-state index is 0.0806. The molecule has 0 aliphatic heterocycles. The number of rotatable bonds is 7. The highest BCUT2D eigenvalue weighted by molar-refractivity contribution is 5.31. The van der Waals surface area contributed by atoms with Crippen LogP contribution in [0.5, 0.6) is 11.6 Å². The highest BCUT2D eigenvalue weighted by Gasteiger charge is 2.20. The number of aliphatic hydroxyl groups excluding tert-OH is 1. The van der Waals surface area contributed by atoms with Crippen molar-refractivity contribution in [3.05, 3.63) is 6.20 Å². The van der Waals surface area contributed by atoms with Gasteiger partial charge in [0.2, 0.25) is 5.75 Å². The van der Waals surface area contributed by atoms with Crippen LogP contribution in [0.1, 0.15) is 27.2 Å². The molecule has 0 aliphatic rings. The van der Waals surface area contributed by atoms with Gasteiger partial charge >= 0.3 is 0 Å². The zero-order valence-corrected chi connectivity index (χ0v) is 11.1. The van der Waals surface area contributed by atoms with E-state index < -0.39 is 0 Å². The van der Waals surface area contributed by atoms with Crippen LogP contribution in [0.15, 0.2) is 6.20 Å². The SMILES string of the molecule is CCCn1ncc(OC)c1OCC(C)(C)CO. The van der Waals surface area contributed by atoms with Gasteiger partial charge in [0.15, 0.2) is 0 Å². The molecule has 1 heterocycles. The number of aromatic nitrogens is 2. The Morgan fingerprint density at radius 3 is 2.71 bits per heavy atom. The highest BCUT2D eigenvalue weighted by Crippen LogP contribution is 2.28. The number of nitrogens with zero attached hydrogens (tertiary/aromatic N) is 2. The average Bonchev–Trinajstić information content (AvgIpc) is 2.69. The molecular formula is C12H22N2O3. The van der Waals surface area contributed by atoms with Crippen LogP contribution >= 0.6 is 0 Å². The summed E-state index contributed by atoms with van der Waals surface area (Å²) in [5.74, 6) is 1.27. The molecule has 0 fully saturated rings. The van der Waals surface area contributed by atoms with E-state index in [2.05, 4.69) is 12.0 Å². The first kappa shape index (κ1) is 13.8. The second-order valence-electron chi connectivity index (χ2n) is 4.85. The first-order valence-corrected chi connectivity index (χ1v) is 5.87. The summed E-state index contributed by atoms with van der Waals surface area (Å²) in [6.45, 7) is 7.26. The molecule has 1 aromatic heterocycles. The van der Waals surface area contributed by atoms with Crippen LogP contribution in [-0.4, -0.2) is 35.2 Å². The van der Waals surface area contributed by atoms with E-state index in [0.717, 1.165) is 13.0 Å². The summed E-state index contributed by atoms with van der Waals surface area (Å²) >= 11 is 0. The van der Waals surface area contributed by atoms with E-state index in [1.165, 1.54) is 0 Å². The van der Waals surface area contributed by atoms with Gasteiger partial charge in [-0.3, -0.25) is 0 Å². The Morgan fingerprint density at radius 2 is 2.18 bits per heavy atom. The van der Waals surface area contributed by atoms with Crippen molar-refractivity contribution in [2.24, 2.45) is 5.41 Å². The second kappa shape index (κ2) is 5.91. The van der Waals surface area contributed by atoms with Crippen molar-refractivity contribution in [1.82, 2.24) is 9.78 Å². The van der Waals surface area contributed by atoms with E-state index in [1.54, 1.807) is 18.0 Å². The molecule has 0 aliphatic carbocycles. The molecule has 1 rings (SSSR count). The summed E-state index contributed by atoms with van der Waals surface area (Å²) in [6.07, 6.45) is 2.63. The molecule has 0 bridgehead atoms. The fourth-order valence-electron chi connectivity index (χ4n) is 1.32. The lowest BCUT2D eigenvalue weighted by molar-refractivity contribution is 0.0901. The minimum Gasteiger partial charge on any atom is -0.490 e. The first-order valence-electron chi connectivity index (χ1n) is 5.87. The van der Waals surface area contributed by atoms with E-state index in [0.29, 0.717) is 18.2 Å². The van der Waals surface area contributed by atoms with E-state index in [-0.39, 0.29) is 12.0 Å². The Bertz CT molecular complexity index is 348. The van der Waals surface area contributed by atoms with Crippen LogP contribution in [0.4, 0.5) is 0 Å². The maximum atomic E-state index is 9.19. The van der Waals surface area contributed by atoms with Gasteiger partial charge in [-0.15, -0.1) is 0 Å². The Balaban J connectivity index is 2.76. The summed E-state index contributed by atoms with van der Waals surface area (Å²) < 4.78 is 12.7. The maximum Gasteiger partial charge on any atom is 0.255 e. The first-order chi connectivity index (χ1) is 8.04. The lowest BCUT2D eigenvalue weighted by Crippen LogP contribution is -2.26.